The van der Waals surface area contributed by atoms with Gasteiger partial charge in [-0.3, -0.25) is 9.59 Å². The van der Waals surface area contributed by atoms with Crippen molar-refractivity contribution in [3.05, 3.63) is 65.4 Å². The lowest BCUT2D eigenvalue weighted by molar-refractivity contribution is -0.117. The van der Waals surface area contributed by atoms with E-state index in [0.717, 1.165) is 38.1 Å². The van der Waals surface area contributed by atoms with Crippen molar-refractivity contribution in [2.75, 3.05) is 18.4 Å². The molecular weight excluding hydrogens is 432 g/mol. The minimum absolute atomic E-state index is 0.0263. The molecule has 10 heteroatoms. The van der Waals surface area contributed by atoms with Gasteiger partial charge in [0.05, 0.1) is 6.42 Å². The van der Waals surface area contributed by atoms with Crippen LogP contribution in [0.5, 0.6) is 0 Å². The van der Waals surface area contributed by atoms with Crippen molar-refractivity contribution in [3.8, 4) is 11.5 Å². The van der Waals surface area contributed by atoms with Gasteiger partial charge in [0.25, 0.3) is 5.91 Å². The second-order valence-corrected chi connectivity index (χ2v) is 7.73. The van der Waals surface area contributed by atoms with E-state index in [1.807, 2.05) is 0 Å². The van der Waals surface area contributed by atoms with E-state index >= 15 is 0 Å². The third-order valence-electron chi connectivity index (χ3n) is 5.29. The number of anilines is 2. The van der Waals surface area contributed by atoms with Crippen LogP contribution in [0.15, 0.2) is 46.9 Å². The van der Waals surface area contributed by atoms with E-state index in [2.05, 4.69) is 20.9 Å². The van der Waals surface area contributed by atoms with Gasteiger partial charge in [-0.25, -0.2) is 13.8 Å². The summed E-state index contributed by atoms with van der Waals surface area (Å²) >= 11 is 0. The summed E-state index contributed by atoms with van der Waals surface area (Å²) in [5, 5.41) is 9.20. The Kier molecular flexibility index (Phi) is 6.64. The maximum absolute atomic E-state index is 14.2. The van der Waals surface area contributed by atoms with Gasteiger partial charge < -0.3 is 26.1 Å². The molecular formula is C23H23F2N5O3. The predicted octanol–water partition coefficient (Wildman–Crippen LogP) is 2.87. The molecule has 3 aromatic rings. The number of carbonyl (C=O) groups excluding carboxylic acids is 2. The molecule has 0 atom stereocenters. The monoisotopic (exact) mass is 455 g/mol. The highest BCUT2D eigenvalue weighted by Crippen LogP contribution is 2.31. The van der Waals surface area contributed by atoms with Crippen molar-refractivity contribution in [2.45, 2.75) is 25.3 Å². The Hall–Kier alpha value is -3.79. The molecule has 0 spiro atoms. The standard InChI is InChI=1S/C23H23F2N5O3/c24-16-2-1-3-17(25)20(16)23-30-18(12-19(26)31)22(33-23)29-14-6-4-13(5-7-14)21(32)28-15-8-10-27-11-9-15/h1-7,15,27,29H,8-12H2,(H2,26,31)(H,28,32). The normalized spacial score (nSPS) is 14.1. The lowest BCUT2D eigenvalue weighted by Crippen LogP contribution is -2.42. The van der Waals surface area contributed by atoms with Crippen molar-refractivity contribution in [1.29, 1.82) is 0 Å². The number of nitrogens with one attached hydrogen (secondary N) is 3. The number of benzene rings is 2. The van der Waals surface area contributed by atoms with Gasteiger partial charge in [-0.05, 0) is 62.3 Å². The second-order valence-electron chi connectivity index (χ2n) is 7.73. The van der Waals surface area contributed by atoms with Crippen LogP contribution in [-0.2, 0) is 11.2 Å². The lowest BCUT2D eigenvalue weighted by atomic mass is 10.1. The van der Waals surface area contributed by atoms with E-state index in [4.69, 9.17) is 10.2 Å². The van der Waals surface area contributed by atoms with Crippen LogP contribution >= 0.6 is 0 Å². The number of nitrogens with two attached hydrogens (primary N) is 1. The molecule has 33 heavy (non-hydrogen) atoms. The Balaban J connectivity index is 1.53. The van der Waals surface area contributed by atoms with Gasteiger partial charge in [-0.1, -0.05) is 6.07 Å². The summed E-state index contributed by atoms with van der Waals surface area (Å²) in [6.07, 6.45) is 1.47. The summed E-state index contributed by atoms with van der Waals surface area (Å²) in [4.78, 5) is 28.0. The first kappa shape index (κ1) is 22.4. The predicted molar refractivity (Wildman–Crippen MR) is 118 cm³/mol. The van der Waals surface area contributed by atoms with Crippen molar-refractivity contribution in [3.63, 3.8) is 0 Å². The Bertz CT molecular complexity index is 1140. The highest BCUT2D eigenvalue weighted by atomic mass is 19.1. The summed E-state index contributed by atoms with van der Waals surface area (Å²) in [5.41, 5.74) is 5.95. The van der Waals surface area contributed by atoms with Crippen LogP contribution < -0.4 is 21.7 Å². The summed E-state index contributed by atoms with van der Waals surface area (Å²) in [7, 11) is 0. The molecule has 1 aromatic heterocycles. The van der Waals surface area contributed by atoms with Gasteiger partial charge in [-0.15, -0.1) is 0 Å². The topological polar surface area (TPSA) is 122 Å². The molecule has 0 bridgehead atoms. The number of aromatic nitrogens is 1. The van der Waals surface area contributed by atoms with Crippen LogP contribution in [0, 0.1) is 11.6 Å². The molecule has 2 amide bonds. The second kappa shape index (κ2) is 9.78. The zero-order chi connectivity index (χ0) is 23.4. The van der Waals surface area contributed by atoms with E-state index in [-0.39, 0.29) is 35.8 Å². The third-order valence-corrected chi connectivity index (χ3v) is 5.29. The van der Waals surface area contributed by atoms with Crippen molar-refractivity contribution in [1.82, 2.24) is 15.6 Å². The zero-order valence-electron chi connectivity index (χ0n) is 17.7. The molecule has 1 aliphatic heterocycles. The number of hydrogen-bond donors (Lipinski definition) is 4. The Morgan fingerprint density at radius 1 is 1.09 bits per heavy atom. The Morgan fingerprint density at radius 3 is 2.39 bits per heavy atom. The molecule has 2 heterocycles. The van der Waals surface area contributed by atoms with Gasteiger partial charge in [0, 0.05) is 17.3 Å². The van der Waals surface area contributed by atoms with E-state index in [9.17, 15) is 18.4 Å². The van der Waals surface area contributed by atoms with Crippen molar-refractivity contribution >= 4 is 23.4 Å². The van der Waals surface area contributed by atoms with Gasteiger partial charge in [0.2, 0.25) is 17.7 Å². The summed E-state index contributed by atoms with van der Waals surface area (Å²) < 4.78 is 33.9. The van der Waals surface area contributed by atoms with Gasteiger partial charge in [0.1, 0.15) is 22.9 Å². The maximum Gasteiger partial charge on any atom is 0.251 e. The molecule has 1 aliphatic rings. The molecule has 0 aliphatic carbocycles. The number of halogens is 2. The van der Waals surface area contributed by atoms with Gasteiger partial charge >= 0.3 is 0 Å². The highest BCUT2D eigenvalue weighted by Gasteiger charge is 2.22. The minimum Gasteiger partial charge on any atom is -0.420 e. The zero-order valence-corrected chi connectivity index (χ0v) is 17.7. The lowest BCUT2D eigenvalue weighted by Gasteiger charge is -2.23. The molecule has 8 nitrogen and oxygen atoms in total. The highest BCUT2D eigenvalue weighted by molar-refractivity contribution is 5.94. The Labute approximate surface area is 188 Å². The van der Waals surface area contributed by atoms with Crippen LogP contribution in [0.2, 0.25) is 0 Å². The average molecular weight is 455 g/mol. The first-order valence-electron chi connectivity index (χ1n) is 10.5. The first-order valence-corrected chi connectivity index (χ1v) is 10.5. The van der Waals surface area contributed by atoms with Crippen LogP contribution in [0.3, 0.4) is 0 Å². The fourth-order valence-corrected chi connectivity index (χ4v) is 3.61. The molecule has 2 aromatic carbocycles. The molecule has 5 N–H and O–H groups in total. The average Bonchev–Trinajstić information content (AvgIpc) is 3.15. The van der Waals surface area contributed by atoms with E-state index in [1.54, 1.807) is 24.3 Å². The van der Waals surface area contributed by atoms with Crippen LogP contribution in [-0.4, -0.2) is 35.9 Å². The summed E-state index contributed by atoms with van der Waals surface area (Å²) in [6.45, 7) is 1.74. The third kappa shape index (κ3) is 5.35. The fourth-order valence-electron chi connectivity index (χ4n) is 3.61. The Morgan fingerprint density at radius 2 is 1.76 bits per heavy atom. The smallest absolute Gasteiger partial charge is 0.251 e. The van der Waals surface area contributed by atoms with Crippen LogP contribution in [0.25, 0.3) is 11.5 Å². The molecule has 1 fully saturated rings. The van der Waals surface area contributed by atoms with Crippen molar-refractivity contribution in [2.24, 2.45) is 5.73 Å². The molecule has 1 saturated heterocycles. The largest absolute Gasteiger partial charge is 0.420 e. The molecule has 4 rings (SSSR count). The number of carbonyl (C=O) groups is 2. The number of piperidine rings is 1. The quantitative estimate of drug-likeness (QED) is 0.435. The number of oxazole rings is 1. The van der Waals surface area contributed by atoms with E-state index in [0.29, 0.717) is 11.3 Å². The summed E-state index contributed by atoms with van der Waals surface area (Å²) in [5.74, 6) is -2.84. The minimum atomic E-state index is -0.850. The number of amides is 2. The molecule has 172 valence electrons. The number of nitrogens with zero attached hydrogens (tertiary/aromatic N) is 1. The van der Waals surface area contributed by atoms with Crippen LogP contribution in [0.4, 0.5) is 20.4 Å². The molecule has 0 saturated carbocycles. The number of primary amides is 1. The maximum atomic E-state index is 14.2. The van der Waals surface area contributed by atoms with Gasteiger partial charge in [-0.2, -0.15) is 0 Å². The van der Waals surface area contributed by atoms with E-state index < -0.39 is 23.1 Å². The fraction of sp³-hybridized carbons (Fsp3) is 0.261. The molecule has 0 radical (unpaired) electrons. The number of rotatable bonds is 7. The molecule has 0 unspecified atom stereocenters. The van der Waals surface area contributed by atoms with Crippen LogP contribution in [0.1, 0.15) is 28.9 Å². The van der Waals surface area contributed by atoms with Crippen molar-refractivity contribution < 1.29 is 22.8 Å². The van der Waals surface area contributed by atoms with Gasteiger partial charge in [0.15, 0.2) is 0 Å². The van der Waals surface area contributed by atoms with E-state index in [1.165, 1.54) is 6.07 Å². The first-order chi connectivity index (χ1) is 15.9. The number of hydrogen-bond acceptors (Lipinski definition) is 6. The SMILES string of the molecule is NC(=O)Cc1nc(-c2c(F)cccc2F)oc1Nc1ccc(C(=O)NC2CCNCC2)cc1. The summed E-state index contributed by atoms with van der Waals surface area (Å²) in [6, 6.07) is 10.1.